The summed E-state index contributed by atoms with van der Waals surface area (Å²) in [6.45, 7) is 9.83. The molecule has 0 aliphatic rings. The van der Waals surface area contributed by atoms with Crippen LogP contribution in [0.2, 0.25) is 0 Å². The molecule has 0 aliphatic carbocycles. The van der Waals surface area contributed by atoms with Crippen LogP contribution in [0.5, 0.6) is 5.75 Å². The first-order valence-corrected chi connectivity index (χ1v) is 7.05. The number of carbonyl (C=O) groups is 2. The highest BCUT2D eigenvalue weighted by Gasteiger charge is 2.24. The molecule has 0 unspecified atom stereocenters. The highest BCUT2D eigenvalue weighted by molar-refractivity contribution is 6.06. The first-order valence-electron chi connectivity index (χ1n) is 7.05. The van der Waals surface area contributed by atoms with Crippen LogP contribution in [0.1, 0.15) is 68.4 Å². The number of hydrogen-bond acceptors (Lipinski definition) is 4. The number of benzene rings is 1. The van der Waals surface area contributed by atoms with Gasteiger partial charge in [-0.2, -0.15) is 0 Å². The van der Waals surface area contributed by atoms with Gasteiger partial charge in [0.2, 0.25) is 0 Å². The molecule has 4 nitrogen and oxygen atoms in total. The van der Waals surface area contributed by atoms with Crippen molar-refractivity contribution in [2.45, 2.75) is 52.4 Å². The molecule has 116 valence electrons. The van der Waals surface area contributed by atoms with Gasteiger partial charge in [-0.25, -0.2) is 0 Å². The van der Waals surface area contributed by atoms with Crippen molar-refractivity contribution in [3.8, 4) is 5.75 Å². The zero-order valence-electron chi connectivity index (χ0n) is 13.6. The summed E-state index contributed by atoms with van der Waals surface area (Å²) < 4.78 is 4.53. The second kappa shape index (κ2) is 6.29. The maximum atomic E-state index is 12.2. The number of phenolic OH excluding ortho intramolecular Hbond substituents is 1. The summed E-state index contributed by atoms with van der Waals surface area (Å²) in [7, 11) is 1.26. The molecule has 1 aromatic carbocycles. The zero-order chi connectivity index (χ0) is 16.4. The Morgan fingerprint density at radius 1 is 1.24 bits per heavy atom. The van der Waals surface area contributed by atoms with Crippen LogP contribution in [0.25, 0.3) is 0 Å². The van der Waals surface area contributed by atoms with Crippen LogP contribution < -0.4 is 0 Å². The van der Waals surface area contributed by atoms with Crippen LogP contribution in [-0.4, -0.2) is 24.0 Å². The number of ketones is 1. The van der Waals surface area contributed by atoms with Crippen molar-refractivity contribution in [2.75, 3.05) is 7.11 Å². The molecule has 4 heteroatoms. The maximum absolute atomic E-state index is 12.2. The number of Topliss-reactive ketones (excluding diaryl/α,β-unsaturated/α-hetero) is 1. The molecular formula is C17H24O4. The number of rotatable bonds is 4. The predicted molar refractivity (Wildman–Crippen MR) is 81.9 cm³/mol. The molecule has 21 heavy (non-hydrogen) atoms. The van der Waals surface area contributed by atoms with Gasteiger partial charge in [0.05, 0.1) is 7.11 Å². The Morgan fingerprint density at radius 2 is 1.81 bits per heavy atom. The molecule has 0 amide bonds. The van der Waals surface area contributed by atoms with E-state index in [-0.39, 0.29) is 29.3 Å². The van der Waals surface area contributed by atoms with Gasteiger partial charge in [0.15, 0.2) is 5.78 Å². The van der Waals surface area contributed by atoms with E-state index in [0.29, 0.717) is 11.1 Å². The third-order valence-corrected chi connectivity index (χ3v) is 3.42. The van der Waals surface area contributed by atoms with Gasteiger partial charge < -0.3 is 9.84 Å². The summed E-state index contributed by atoms with van der Waals surface area (Å²) in [5, 5.41) is 10.4. The Hall–Kier alpha value is -1.84. The highest BCUT2D eigenvalue weighted by Crippen LogP contribution is 2.37. The van der Waals surface area contributed by atoms with Crippen LogP contribution in [0.15, 0.2) is 12.1 Å². The summed E-state index contributed by atoms with van der Waals surface area (Å²) in [5.74, 6) is -0.546. The van der Waals surface area contributed by atoms with E-state index in [1.54, 1.807) is 12.1 Å². The van der Waals surface area contributed by atoms with Crippen molar-refractivity contribution in [3.63, 3.8) is 0 Å². The number of ether oxygens (including phenoxy) is 1. The summed E-state index contributed by atoms with van der Waals surface area (Å²) in [6.07, 6.45) is -0.289. The predicted octanol–water partition coefficient (Wildman–Crippen LogP) is 3.56. The molecular weight excluding hydrogens is 268 g/mol. The van der Waals surface area contributed by atoms with E-state index in [0.717, 1.165) is 5.56 Å². The van der Waals surface area contributed by atoms with Gasteiger partial charge in [0.1, 0.15) is 12.2 Å². The van der Waals surface area contributed by atoms with Crippen molar-refractivity contribution in [1.82, 2.24) is 0 Å². The average molecular weight is 292 g/mol. The lowest BCUT2D eigenvalue weighted by molar-refractivity contribution is -0.139. The lowest BCUT2D eigenvalue weighted by Crippen LogP contribution is -2.16. The fraction of sp³-hybridized carbons (Fsp3) is 0.529. The zero-order valence-corrected chi connectivity index (χ0v) is 13.6. The molecule has 1 rings (SSSR count). The summed E-state index contributed by atoms with van der Waals surface area (Å²) in [4.78, 5) is 23.5. The van der Waals surface area contributed by atoms with Gasteiger partial charge >= 0.3 is 5.97 Å². The summed E-state index contributed by atoms with van der Waals surface area (Å²) in [6, 6.07) is 3.34. The minimum atomic E-state index is -0.559. The largest absolute Gasteiger partial charge is 0.507 e. The minimum absolute atomic E-state index is 0.0805. The van der Waals surface area contributed by atoms with Crippen LogP contribution in [-0.2, 0) is 14.9 Å². The molecule has 0 saturated carbocycles. The number of hydrogen-bond donors (Lipinski definition) is 1. The SMILES string of the molecule is COC(=O)CC(=O)c1cc(C(C)C)c(O)c(C(C)(C)C)c1. The molecule has 0 heterocycles. The fourth-order valence-electron chi connectivity index (χ4n) is 2.14. The number of phenols is 1. The molecule has 0 fully saturated rings. The molecule has 0 aromatic heterocycles. The van der Waals surface area contributed by atoms with E-state index < -0.39 is 5.97 Å². The third kappa shape index (κ3) is 4.06. The van der Waals surface area contributed by atoms with Crippen LogP contribution in [0, 0.1) is 0 Å². The smallest absolute Gasteiger partial charge is 0.313 e. The highest BCUT2D eigenvalue weighted by atomic mass is 16.5. The van der Waals surface area contributed by atoms with E-state index in [2.05, 4.69) is 4.74 Å². The average Bonchev–Trinajstić information content (AvgIpc) is 2.36. The number of carbonyl (C=O) groups excluding carboxylic acids is 2. The van der Waals surface area contributed by atoms with Crippen LogP contribution >= 0.6 is 0 Å². The first-order chi connectivity index (χ1) is 9.57. The topological polar surface area (TPSA) is 63.6 Å². The van der Waals surface area contributed by atoms with E-state index >= 15 is 0 Å². The lowest BCUT2D eigenvalue weighted by Gasteiger charge is -2.24. The molecule has 1 aromatic rings. The number of esters is 1. The molecule has 1 N–H and O–H groups in total. The summed E-state index contributed by atoms with van der Waals surface area (Å²) in [5.41, 5.74) is 1.57. The third-order valence-electron chi connectivity index (χ3n) is 3.42. The van der Waals surface area contributed by atoms with Gasteiger partial charge in [0, 0.05) is 11.1 Å². The Kier molecular flexibility index (Phi) is 5.15. The number of aromatic hydroxyl groups is 1. The Labute approximate surface area is 126 Å². The van der Waals surface area contributed by atoms with Crippen LogP contribution in [0.3, 0.4) is 0 Å². The fourth-order valence-corrected chi connectivity index (χ4v) is 2.14. The van der Waals surface area contributed by atoms with Crippen molar-refractivity contribution in [3.05, 3.63) is 28.8 Å². The second-order valence-electron chi connectivity index (χ2n) is 6.54. The van der Waals surface area contributed by atoms with E-state index in [4.69, 9.17) is 0 Å². The van der Waals surface area contributed by atoms with Crippen molar-refractivity contribution in [1.29, 1.82) is 0 Å². The molecule has 0 bridgehead atoms. The van der Waals surface area contributed by atoms with Gasteiger partial charge in [-0.3, -0.25) is 9.59 Å². The minimum Gasteiger partial charge on any atom is -0.507 e. The molecule has 0 spiro atoms. The molecule has 0 atom stereocenters. The number of methoxy groups -OCH3 is 1. The quantitative estimate of drug-likeness (QED) is 0.523. The Balaban J connectivity index is 3.37. The van der Waals surface area contributed by atoms with Crippen molar-refractivity contribution < 1.29 is 19.4 Å². The molecule has 0 saturated heterocycles. The van der Waals surface area contributed by atoms with Crippen LogP contribution in [0.4, 0.5) is 0 Å². The maximum Gasteiger partial charge on any atom is 0.313 e. The van der Waals surface area contributed by atoms with Gasteiger partial charge in [-0.1, -0.05) is 34.6 Å². The van der Waals surface area contributed by atoms with Crippen molar-refractivity contribution >= 4 is 11.8 Å². The monoisotopic (exact) mass is 292 g/mol. The Bertz CT molecular complexity index is 551. The van der Waals surface area contributed by atoms with Gasteiger partial charge in [0.25, 0.3) is 0 Å². The van der Waals surface area contributed by atoms with Gasteiger partial charge in [-0.15, -0.1) is 0 Å². The lowest BCUT2D eigenvalue weighted by atomic mass is 9.82. The molecule has 0 aliphatic heterocycles. The first kappa shape index (κ1) is 17.2. The van der Waals surface area contributed by atoms with Gasteiger partial charge in [-0.05, 0) is 29.0 Å². The van der Waals surface area contributed by atoms with E-state index in [1.807, 2.05) is 34.6 Å². The summed E-state index contributed by atoms with van der Waals surface area (Å²) >= 11 is 0. The standard InChI is InChI=1S/C17H24O4/c1-10(2)12-7-11(14(18)9-15(19)21-6)8-13(16(12)20)17(3,4)5/h7-8,10,20H,9H2,1-6H3. The normalized spacial score (nSPS) is 11.6. The molecule has 0 radical (unpaired) electrons. The Morgan fingerprint density at radius 3 is 2.24 bits per heavy atom. The van der Waals surface area contributed by atoms with E-state index in [1.165, 1.54) is 7.11 Å². The second-order valence-corrected chi connectivity index (χ2v) is 6.54. The van der Waals surface area contributed by atoms with Crippen molar-refractivity contribution in [2.24, 2.45) is 0 Å². The van der Waals surface area contributed by atoms with E-state index in [9.17, 15) is 14.7 Å².